The fourth-order valence-electron chi connectivity index (χ4n) is 2.77. The zero-order valence-electron chi connectivity index (χ0n) is 12.8. The smallest absolute Gasteiger partial charge is 0.222 e. The molecule has 1 aliphatic heterocycles. The number of rotatable bonds is 5. The second-order valence-corrected chi connectivity index (χ2v) is 6.30. The van der Waals surface area contributed by atoms with Crippen LogP contribution in [0.15, 0.2) is 22.7 Å². The van der Waals surface area contributed by atoms with Crippen LogP contribution >= 0.6 is 15.9 Å². The van der Waals surface area contributed by atoms with Crippen molar-refractivity contribution in [1.82, 2.24) is 10.6 Å². The maximum atomic E-state index is 11.7. The number of carbonyl (C=O) groups excluding carboxylic acids is 1. The van der Waals surface area contributed by atoms with Crippen molar-refractivity contribution in [3.63, 3.8) is 0 Å². The van der Waals surface area contributed by atoms with Crippen molar-refractivity contribution in [2.24, 2.45) is 5.92 Å². The quantitative estimate of drug-likeness (QED) is 0.854. The fraction of sp³-hybridized carbons (Fsp3) is 0.562. The van der Waals surface area contributed by atoms with Gasteiger partial charge in [-0.1, -0.05) is 13.0 Å². The van der Waals surface area contributed by atoms with Crippen molar-refractivity contribution in [2.75, 3.05) is 31.6 Å². The molecule has 2 N–H and O–H groups in total. The summed E-state index contributed by atoms with van der Waals surface area (Å²) in [4.78, 5) is 14.0. The van der Waals surface area contributed by atoms with Crippen molar-refractivity contribution in [2.45, 2.75) is 26.3 Å². The van der Waals surface area contributed by atoms with Gasteiger partial charge in [0.25, 0.3) is 0 Å². The van der Waals surface area contributed by atoms with Crippen LogP contribution < -0.4 is 15.5 Å². The van der Waals surface area contributed by atoms with E-state index in [-0.39, 0.29) is 11.8 Å². The maximum absolute atomic E-state index is 11.7. The topological polar surface area (TPSA) is 44.4 Å². The largest absolute Gasteiger partial charge is 0.371 e. The number of nitrogens with one attached hydrogen (secondary N) is 2. The zero-order valence-corrected chi connectivity index (χ0v) is 14.4. The van der Waals surface area contributed by atoms with Crippen LogP contribution in [0.2, 0.25) is 0 Å². The lowest BCUT2D eigenvalue weighted by Gasteiger charge is -2.33. The van der Waals surface area contributed by atoms with Crippen LogP contribution in [0, 0.1) is 5.92 Å². The number of hydrogen-bond acceptors (Lipinski definition) is 3. The number of anilines is 1. The molecular formula is C16H24BrN3O. The van der Waals surface area contributed by atoms with Crippen LogP contribution in [0.1, 0.15) is 25.3 Å². The number of nitrogens with zero attached hydrogens (tertiary/aromatic N) is 1. The fourth-order valence-corrected chi connectivity index (χ4v) is 3.45. The summed E-state index contributed by atoms with van der Waals surface area (Å²) in [5.74, 6) is 0.341. The van der Waals surface area contributed by atoms with Gasteiger partial charge < -0.3 is 15.5 Å². The van der Waals surface area contributed by atoms with Crippen molar-refractivity contribution >= 4 is 27.5 Å². The Morgan fingerprint density at radius 1 is 1.38 bits per heavy atom. The number of hydrogen-bond donors (Lipinski definition) is 2. The average molecular weight is 354 g/mol. The van der Waals surface area contributed by atoms with E-state index < -0.39 is 0 Å². The summed E-state index contributed by atoms with van der Waals surface area (Å²) >= 11 is 3.68. The second-order valence-electron chi connectivity index (χ2n) is 5.44. The van der Waals surface area contributed by atoms with Crippen LogP contribution in [-0.2, 0) is 11.3 Å². The molecule has 0 saturated carbocycles. The molecule has 1 heterocycles. The summed E-state index contributed by atoms with van der Waals surface area (Å²) in [6.07, 6.45) is 1.84. The van der Waals surface area contributed by atoms with E-state index in [0.29, 0.717) is 0 Å². The first-order valence-corrected chi connectivity index (χ1v) is 8.40. The summed E-state index contributed by atoms with van der Waals surface area (Å²) in [6, 6.07) is 6.54. The van der Waals surface area contributed by atoms with Gasteiger partial charge in [0.15, 0.2) is 0 Å². The minimum Gasteiger partial charge on any atom is -0.371 e. The third-order valence-electron chi connectivity index (χ3n) is 4.04. The molecule has 1 fully saturated rings. The third kappa shape index (κ3) is 4.20. The van der Waals surface area contributed by atoms with Gasteiger partial charge in [0.2, 0.25) is 5.91 Å². The first-order valence-electron chi connectivity index (χ1n) is 7.61. The van der Waals surface area contributed by atoms with E-state index in [1.54, 1.807) is 7.05 Å². The molecule has 1 aliphatic rings. The molecule has 0 unspecified atom stereocenters. The van der Waals surface area contributed by atoms with Crippen molar-refractivity contribution in [3.05, 3.63) is 28.2 Å². The summed E-state index contributed by atoms with van der Waals surface area (Å²) in [7, 11) is 1.72. The highest BCUT2D eigenvalue weighted by atomic mass is 79.9. The average Bonchev–Trinajstić information content (AvgIpc) is 2.52. The normalized spacial score (nSPS) is 16.0. The van der Waals surface area contributed by atoms with Gasteiger partial charge in [-0.3, -0.25) is 4.79 Å². The molecule has 116 valence electrons. The van der Waals surface area contributed by atoms with E-state index in [0.717, 1.165) is 43.5 Å². The van der Waals surface area contributed by atoms with Crippen LogP contribution in [-0.4, -0.2) is 32.6 Å². The van der Waals surface area contributed by atoms with Crippen LogP contribution in [0.5, 0.6) is 0 Å². The predicted molar refractivity (Wildman–Crippen MR) is 90.5 cm³/mol. The highest BCUT2D eigenvalue weighted by molar-refractivity contribution is 9.10. The lowest BCUT2D eigenvalue weighted by molar-refractivity contribution is -0.125. The van der Waals surface area contributed by atoms with E-state index >= 15 is 0 Å². The number of piperidine rings is 1. The summed E-state index contributed by atoms with van der Waals surface area (Å²) in [5.41, 5.74) is 2.51. The standard InChI is InChI=1S/C16H24BrN3O/c1-3-19-11-12-4-5-15(14(17)10-12)20-8-6-13(7-9-20)16(21)18-2/h4-5,10,13,19H,3,6-9,11H2,1-2H3,(H,18,21). The summed E-state index contributed by atoms with van der Waals surface area (Å²) in [6.45, 7) is 5.85. The monoisotopic (exact) mass is 353 g/mol. The van der Waals surface area contributed by atoms with E-state index in [9.17, 15) is 4.79 Å². The molecule has 0 bridgehead atoms. The minimum absolute atomic E-state index is 0.165. The van der Waals surface area contributed by atoms with E-state index in [1.807, 2.05) is 0 Å². The first kappa shape index (κ1) is 16.3. The Hall–Kier alpha value is -1.07. The summed E-state index contributed by atoms with van der Waals surface area (Å²) in [5, 5.41) is 6.09. The minimum atomic E-state index is 0.165. The molecule has 1 saturated heterocycles. The molecular weight excluding hydrogens is 330 g/mol. The number of benzene rings is 1. The Labute approximate surface area is 135 Å². The Bertz CT molecular complexity index is 484. The molecule has 1 amide bonds. The Morgan fingerprint density at radius 3 is 2.67 bits per heavy atom. The lowest BCUT2D eigenvalue weighted by Crippen LogP contribution is -2.39. The number of halogens is 1. The zero-order chi connectivity index (χ0) is 15.2. The van der Waals surface area contributed by atoms with Gasteiger partial charge in [0.1, 0.15) is 0 Å². The third-order valence-corrected chi connectivity index (χ3v) is 4.68. The maximum Gasteiger partial charge on any atom is 0.222 e. The molecule has 0 atom stereocenters. The Morgan fingerprint density at radius 2 is 2.10 bits per heavy atom. The number of amides is 1. The second kappa shape index (κ2) is 7.80. The van der Waals surface area contributed by atoms with E-state index in [4.69, 9.17) is 0 Å². The molecule has 4 nitrogen and oxygen atoms in total. The predicted octanol–water partition coefficient (Wildman–Crippen LogP) is 2.52. The highest BCUT2D eigenvalue weighted by Crippen LogP contribution is 2.30. The molecule has 5 heteroatoms. The van der Waals surface area contributed by atoms with Crippen molar-refractivity contribution in [1.29, 1.82) is 0 Å². The van der Waals surface area contributed by atoms with Crippen molar-refractivity contribution < 1.29 is 4.79 Å². The Balaban J connectivity index is 1.98. The highest BCUT2D eigenvalue weighted by Gasteiger charge is 2.25. The molecule has 1 aromatic rings. The Kier molecular flexibility index (Phi) is 6.06. The summed E-state index contributed by atoms with van der Waals surface area (Å²) < 4.78 is 1.14. The van der Waals surface area contributed by atoms with Crippen LogP contribution in [0.3, 0.4) is 0 Å². The van der Waals surface area contributed by atoms with E-state index in [2.05, 4.69) is 56.6 Å². The van der Waals surface area contributed by atoms with Crippen LogP contribution in [0.4, 0.5) is 5.69 Å². The van der Waals surface area contributed by atoms with Gasteiger partial charge in [-0.2, -0.15) is 0 Å². The lowest BCUT2D eigenvalue weighted by atomic mass is 9.95. The molecule has 0 radical (unpaired) electrons. The molecule has 0 aromatic heterocycles. The van der Waals surface area contributed by atoms with Gasteiger partial charge in [-0.15, -0.1) is 0 Å². The van der Waals surface area contributed by atoms with Crippen LogP contribution in [0.25, 0.3) is 0 Å². The van der Waals surface area contributed by atoms with E-state index in [1.165, 1.54) is 11.3 Å². The van der Waals surface area contributed by atoms with Gasteiger partial charge in [-0.25, -0.2) is 0 Å². The SMILES string of the molecule is CCNCc1ccc(N2CCC(C(=O)NC)CC2)c(Br)c1. The molecule has 2 rings (SSSR count). The van der Waals surface area contributed by atoms with Gasteiger partial charge in [-0.05, 0) is 53.0 Å². The number of carbonyl (C=O) groups is 1. The molecule has 1 aromatic carbocycles. The first-order chi connectivity index (χ1) is 10.2. The van der Waals surface area contributed by atoms with Gasteiger partial charge in [0.05, 0.1) is 5.69 Å². The molecule has 21 heavy (non-hydrogen) atoms. The van der Waals surface area contributed by atoms with Gasteiger partial charge >= 0.3 is 0 Å². The van der Waals surface area contributed by atoms with Gasteiger partial charge in [0, 0.05) is 37.1 Å². The van der Waals surface area contributed by atoms with Crippen molar-refractivity contribution in [3.8, 4) is 0 Å². The molecule has 0 spiro atoms. The molecule has 0 aliphatic carbocycles.